The molecule has 144 valence electrons. The summed E-state index contributed by atoms with van der Waals surface area (Å²) in [5.41, 5.74) is 0.892. The van der Waals surface area contributed by atoms with Crippen molar-refractivity contribution in [2.75, 3.05) is 19.0 Å². The monoisotopic (exact) mass is 385 g/mol. The van der Waals surface area contributed by atoms with Crippen molar-refractivity contribution in [3.63, 3.8) is 0 Å². The fourth-order valence-corrected chi connectivity index (χ4v) is 2.47. The van der Waals surface area contributed by atoms with Crippen molar-refractivity contribution in [3.8, 4) is 11.5 Å². The van der Waals surface area contributed by atoms with Gasteiger partial charge in [-0.05, 0) is 36.4 Å². The van der Waals surface area contributed by atoms with Gasteiger partial charge in [-0.1, -0.05) is 12.1 Å². The molecule has 1 saturated heterocycles. The van der Waals surface area contributed by atoms with Gasteiger partial charge in [0.2, 0.25) is 0 Å². The number of hydrogen-bond acceptors (Lipinski definition) is 5. The lowest BCUT2D eigenvalue weighted by Crippen LogP contribution is -2.22. The summed E-state index contributed by atoms with van der Waals surface area (Å²) in [4.78, 5) is 35.1. The molecule has 0 unspecified atom stereocenters. The number of hydrogen-bond donors (Lipinski definition) is 3. The second-order valence-corrected chi connectivity index (χ2v) is 5.69. The van der Waals surface area contributed by atoms with Gasteiger partial charge in [0.15, 0.2) is 18.1 Å². The molecule has 28 heavy (non-hydrogen) atoms. The zero-order valence-electron chi connectivity index (χ0n) is 14.7. The van der Waals surface area contributed by atoms with Gasteiger partial charge in [0.25, 0.3) is 11.8 Å². The Bertz CT molecular complexity index is 957. The Kier molecular flexibility index (Phi) is 5.54. The van der Waals surface area contributed by atoms with E-state index in [2.05, 4.69) is 16.0 Å². The molecule has 0 spiro atoms. The SMILES string of the molecule is COc1cccc(/C=C2/NC(=O)NC2=O)c1OCC(=O)Nc1ccc(F)cc1. The number of carbonyl (C=O) groups is 3. The highest BCUT2D eigenvalue weighted by molar-refractivity contribution is 6.14. The van der Waals surface area contributed by atoms with E-state index in [-0.39, 0.29) is 18.1 Å². The first-order valence-electron chi connectivity index (χ1n) is 8.15. The first-order valence-corrected chi connectivity index (χ1v) is 8.15. The highest BCUT2D eigenvalue weighted by Crippen LogP contribution is 2.32. The molecule has 9 heteroatoms. The van der Waals surface area contributed by atoms with Gasteiger partial charge in [-0.3, -0.25) is 14.9 Å². The summed E-state index contributed by atoms with van der Waals surface area (Å²) in [5, 5.41) is 7.05. The fourth-order valence-electron chi connectivity index (χ4n) is 2.47. The fraction of sp³-hybridized carbons (Fsp3) is 0.105. The maximum Gasteiger partial charge on any atom is 0.326 e. The zero-order chi connectivity index (χ0) is 20.1. The lowest BCUT2D eigenvalue weighted by Gasteiger charge is -2.13. The largest absolute Gasteiger partial charge is 0.493 e. The number of carbonyl (C=O) groups excluding carboxylic acids is 3. The van der Waals surface area contributed by atoms with Crippen LogP contribution < -0.4 is 25.4 Å². The van der Waals surface area contributed by atoms with Gasteiger partial charge < -0.3 is 20.1 Å². The second-order valence-electron chi connectivity index (χ2n) is 5.69. The third kappa shape index (κ3) is 4.44. The Morgan fingerprint density at radius 1 is 1.14 bits per heavy atom. The van der Waals surface area contributed by atoms with Crippen LogP contribution in [-0.4, -0.2) is 31.6 Å². The van der Waals surface area contributed by atoms with Crippen LogP contribution in [0.4, 0.5) is 14.9 Å². The summed E-state index contributed by atoms with van der Waals surface area (Å²) in [6, 6.07) is 9.61. The number of nitrogens with one attached hydrogen (secondary N) is 3. The van der Waals surface area contributed by atoms with Crippen molar-refractivity contribution >= 4 is 29.6 Å². The number of urea groups is 1. The molecule has 2 aromatic carbocycles. The standard InChI is InChI=1S/C19H16FN3O5/c1-27-15-4-2-3-11(9-14-18(25)23-19(26)22-14)17(15)28-10-16(24)21-13-7-5-12(20)6-8-13/h2-9H,10H2,1H3,(H,21,24)(H2,22,23,25,26)/b14-9+. The first-order chi connectivity index (χ1) is 13.5. The van der Waals surface area contributed by atoms with E-state index in [1.54, 1.807) is 18.2 Å². The van der Waals surface area contributed by atoms with E-state index < -0.39 is 23.7 Å². The minimum Gasteiger partial charge on any atom is -0.493 e. The van der Waals surface area contributed by atoms with Crippen molar-refractivity contribution in [1.82, 2.24) is 10.6 Å². The molecular formula is C19H16FN3O5. The number of para-hydroxylation sites is 1. The van der Waals surface area contributed by atoms with E-state index in [9.17, 15) is 18.8 Å². The minimum absolute atomic E-state index is 0.0406. The summed E-state index contributed by atoms with van der Waals surface area (Å²) in [6.07, 6.45) is 1.41. The topological polar surface area (TPSA) is 106 Å². The summed E-state index contributed by atoms with van der Waals surface area (Å²) >= 11 is 0. The Balaban J connectivity index is 1.76. The molecule has 0 bridgehead atoms. The highest BCUT2D eigenvalue weighted by Gasteiger charge is 2.24. The number of imide groups is 1. The smallest absolute Gasteiger partial charge is 0.326 e. The highest BCUT2D eigenvalue weighted by atomic mass is 19.1. The van der Waals surface area contributed by atoms with Crippen LogP contribution in [-0.2, 0) is 9.59 Å². The van der Waals surface area contributed by atoms with E-state index in [1.807, 2.05) is 0 Å². The van der Waals surface area contributed by atoms with Crippen molar-refractivity contribution in [3.05, 3.63) is 59.5 Å². The number of rotatable bonds is 6. The lowest BCUT2D eigenvalue weighted by atomic mass is 10.1. The molecule has 2 aromatic rings. The van der Waals surface area contributed by atoms with Gasteiger partial charge in [0.1, 0.15) is 11.5 Å². The number of anilines is 1. The second kappa shape index (κ2) is 8.21. The van der Waals surface area contributed by atoms with Gasteiger partial charge in [0.05, 0.1) is 7.11 Å². The Hall–Kier alpha value is -3.88. The van der Waals surface area contributed by atoms with Crippen LogP contribution in [0.25, 0.3) is 6.08 Å². The number of halogens is 1. The average molecular weight is 385 g/mol. The average Bonchev–Trinajstić information content (AvgIpc) is 2.99. The maximum absolute atomic E-state index is 12.9. The molecule has 1 fully saturated rings. The molecule has 1 aliphatic heterocycles. The third-order valence-corrected chi connectivity index (χ3v) is 3.72. The van der Waals surface area contributed by atoms with Crippen molar-refractivity contribution in [2.24, 2.45) is 0 Å². The van der Waals surface area contributed by atoms with Crippen LogP contribution in [0, 0.1) is 5.82 Å². The molecule has 1 heterocycles. The van der Waals surface area contributed by atoms with Gasteiger partial charge in [-0.15, -0.1) is 0 Å². The molecule has 0 saturated carbocycles. The predicted octanol–water partition coefficient (Wildman–Crippen LogP) is 2.03. The van der Waals surface area contributed by atoms with E-state index in [4.69, 9.17) is 9.47 Å². The van der Waals surface area contributed by atoms with Gasteiger partial charge >= 0.3 is 6.03 Å². The molecule has 0 atom stereocenters. The summed E-state index contributed by atoms with van der Waals surface area (Å²) in [5.74, 6) is -0.894. The molecule has 1 aliphatic rings. The van der Waals surface area contributed by atoms with E-state index in [1.165, 1.54) is 37.5 Å². The van der Waals surface area contributed by atoms with E-state index in [0.717, 1.165) is 0 Å². The van der Waals surface area contributed by atoms with Crippen LogP contribution in [0.3, 0.4) is 0 Å². The van der Waals surface area contributed by atoms with Gasteiger partial charge in [0, 0.05) is 11.3 Å². The number of ether oxygens (including phenoxy) is 2. The predicted molar refractivity (Wildman–Crippen MR) is 98.2 cm³/mol. The van der Waals surface area contributed by atoms with Crippen molar-refractivity contribution in [1.29, 1.82) is 0 Å². The van der Waals surface area contributed by atoms with Crippen molar-refractivity contribution < 1.29 is 28.2 Å². The molecule has 0 aliphatic carbocycles. The minimum atomic E-state index is -0.625. The molecule has 4 amide bonds. The zero-order valence-corrected chi connectivity index (χ0v) is 14.7. The molecule has 8 nitrogen and oxygen atoms in total. The quantitative estimate of drug-likeness (QED) is 0.521. The molecule has 0 radical (unpaired) electrons. The van der Waals surface area contributed by atoms with Crippen LogP contribution in [0.2, 0.25) is 0 Å². The van der Waals surface area contributed by atoms with Gasteiger partial charge in [-0.25, -0.2) is 9.18 Å². The Morgan fingerprint density at radius 2 is 1.89 bits per heavy atom. The first kappa shape index (κ1) is 18.9. The van der Waals surface area contributed by atoms with E-state index in [0.29, 0.717) is 17.0 Å². The molecule has 0 aromatic heterocycles. The lowest BCUT2D eigenvalue weighted by molar-refractivity contribution is -0.118. The molecule has 3 rings (SSSR count). The van der Waals surface area contributed by atoms with Gasteiger partial charge in [-0.2, -0.15) is 0 Å². The number of methoxy groups -OCH3 is 1. The molecular weight excluding hydrogens is 369 g/mol. The van der Waals surface area contributed by atoms with Crippen LogP contribution in [0.1, 0.15) is 5.56 Å². The van der Waals surface area contributed by atoms with Crippen LogP contribution in [0.15, 0.2) is 48.2 Å². The summed E-state index contributed by atoms with van der Waals surface area (Å²) < 4.78 is 23.8. The molecule has 3 N–H and O–H groups in total. The Labute approximate surface area is 159 Å². The number of benzene rings is 2. The van der Waals surface area contributed by atoms with Crippen LogP contribution >= 0.6 is 0 Å². The Morgan fingerprint density at radius 3 is 2.54 bits per heavy atom. The summed E-state index contributed by atoms with van der Waals surface area (Å²) in [6.45, 7) is -0.355. The summed E-state index contributed by atoms with van der Waals surface area (Å²) in [7, 11) is 1.43. The normalized spacial score (nSPS) is 14.4. The third-order valence-electron chi connectivity index (χ3n) is 3.72. The number of amides is 4. The van der Waals surface area contributed by atoms with Crippen LogP contribution in [0.5, 0.6) is 11.5 Å². The van der Waals surface area contributed by atoms with E-state index >= 15 is 0 Å². The van der Waals surface area contributed by atoms with Crippen molar-refractivity contribution in [2.45, 2.75) is 0 Å². The maximum atomic E-state index is 12.9.